The van der Waals surface area contributed by atoms with Crippen molar-refractivity contribution in [1.82, 2.24) is 4.90 Å². The molecule has 0 aliphatic carbocycles. The average Bonchev–Trinajstić information content (AvgIpc) is 2.62. The molecule has 1 aliphatic rings. The molecular weight excluding hydrogens is 320 g/mol. The molecule has 2 aromatic rings. The molecule has 6 nitrogen and oxygen atoms in total. The largest absolute Gasteiger partial charge is 0.367 e. The van der Waals surface area contributed by atoms with Crippen LogP contribution in [0.25, 0.3) is 0 Å². The summed E-state index contributed by atoms with van der Waals surface area (Å²) in [6.45, 7) is 2.87. The summed E-state index contributed by atoms with van der Waals surface area (Å²) in [5.74, 6) is -0.120. The van der Waals surface area contributed by atoms with Gasteiger partial charge < -0.3 is 9.64 Å². The van der Waals surface area contributed by atoms with Crippen LogP contribution in [0.1, 0.15) is 24.2 Å². The molecule has 1 heterocycles. The number of rotatable bonds is 4. The molecule has 2 unspecified atom stereocenters. The molecule has 1 fully saturated rings. The minimum atomic E-state index is -0.447. The molecule has 3 rings (SSSR count). The van der Waals surface area contributed by atoms with Gasteiger partial charge in [0.05, 0.1) is 24.0 Å². The Morgan fingerprint density at radius 1 is 1.16 bits per heavy atom. The van der Waals surface area contributed by atoms with Crippen molar-refractivity contribution < 1.29 is 14.5 Å². The third kappa shape index (κ3) is 4.03. The first-order valence-corrected chi connectivity index (χ1v) is 8.25. The molecule has 130 valence electrons. The van der Waals surface area contributed by atoms with Crippen molar-refractivity contribution in [3.63, 3.8) is 0 Å². The van der Waals surface area contributed by atoms with Crippen molar-refractivity contribution in [2.45, 2.75) is 25.6 Å². The van der Waals surface area contributed by atoms with E-state index >= 15 is 0 Å². The molecule has 0 aromatic heterocycles. The van der Waals surface area contributed by atoms with Crippen LogP contribution in [0.5, 0.6) is 0 Å². The lowest BCUT2D eigenvalue weighted by Gasteiger charge is -2.37. The first kappa shape index (κ1) is 17.1. The van der Waals surface area contributed by atoms with Gasteiger partial charge in [0, 0.05) is 18.2 Å². The number of benzene rings is 2. The fraction of sp³-hybridized carbons (Fsp3) is 0.316. The van der Waals surface area contributed by atoms with Gasteiger partial charge in [-0.15, -0.1) is 0 Å². The molecule has 0 radical (unpaired) electrons. The second kappa shape index (κ2) is 7.44. The fourth-order valence-electron chi connectivity index (χ4n) is 3.12. The predicted molar refractivity (Wildman–Crippen MR) is 93.1 cm³/mol. The van der Waals surface area contributed by atoms with Crippen LogP contribution in [0.15, 0.2) is 54.6 Å². The summed E-state index contributed by atoms with van der Waals surface area (Å²) in [6.07, 6.45) is -0.251. The van der Waals surface area contributed by atoms with Crippen LogP contribution < -0.4 is 0 Å². The van der Waals surface area contributed by atoms with Gasteiger partial charge in [-0.3, -0.25) is 14.9 Å². The van der Waals surface area contributed by atoms with Crippen LogP contribution >= 0.6 is 0 Å². The van der Waals surface area contributed by atoms with E-state index < -0.39 is 4.92 Å². The van der Waals surface area contributed by atoms with Gasteiger partial charge in [0.1, 0.15) is 6.10 Å². The van der Waals surface area contributed by atoms with Crippen LogP contribution in [-0.4, -0.2) is 34.9 Å². The van der Waals surface area contributed by atoms with Crippen LogP contribution in [0, 0.1) is 10.1 Å². The van der Waals surface area contributed by atoms with Crippen molar-refractivity contribution >= 4 is 11.6 Å². The summed E-state index contributed by atoms with van der Waals surface area (Å²) in [4.78, 5) is 25.1. The third-order valence-electron chi connectivity index (χ3n) is 4.31. The van der Waals surface area contributed by atoms with Crippen molar-refractivity contribution in [3.8, 4) is 0 Å². The number of carbonyl (C=O) groups is 1. The highest BCUT2D eigenvalue weighted by atomic mass is 16.6. The first-order valence-electron chi connectivity index (χ1n) is 8.25. The monoisotopic (exact) mass is 340 g/mol. The van der Waals surface area contributed by atoms with E-state index in [2.05, 4.69) is 0 Å². The maximum absolute atomic E-state index is 12.7. The van der Waals surface area contributed by atoms with Gasteiger partial charge in [-0.2, -0.15) is 0 Å². The Morgan fingerprint density at radius 2 is 1.84 bits per heavy atom. The first-order chi connectivity index (χ1) is 12.0. The van der Waals surface area contributed by atoms with Crippen LogP contribution in [0.2, 0.25) is 0 Å². The SMILES string of the molecule is CC1CN(C(=O)Cc2ccccc2[N+](=O)[O-])CC(c2ccccc2)O1. The van der Waals surface area contributed by atoms with E-state index in [0.29, 0.717) is 18.7 Å². The van der Waals surface area contributed by atoms with Gasteiger partial charge in [0.25, 0.3) is 5.69 Å². The molecule has 6 heteroatoms. The molecule has 1 aliphatic heterocycles. The Morgan fingerprint density at radius 3 is 2.56 bits per heavy atom. The Balaban J connectivity index is 1.75. The van der Waals surface area contributed by atoms with E-state index in [0.717, 1.165) is 5.56 Å². The molecule has 1 amide bonds. The zero-order valence-corrected chi connectivity index (χ0v) is 14.0. The van der Waals surface area contributed by atoms with E-state index in [1.807, 2.05) is 37.3 Å². The minimum Gasteiger partial charge on any atom is -0.367 e. The summed E-state index contributed by atoms with van der Waals surface area (Å²) < 4.78 is 5.96. The lowest BCUT2D eigenvalue weighted by atomic mass is 10.0. The van der Waals surface area contributed by atoms with Crippen molar-refractivity contribution in [2.24, 2.45) is 0 Å². The third-order valence-corrected chi connectivity index (χ3v) is 4.31. The van der Waals surface area contributed by atoms with E-state index in [4.69, 9.17) is 4.74 Å². The number of amides is 1. The summed E-state index contributed by atoms with van der Waals surface area (Å²) in [5, 5.41) is 11.1. The quantitative estimate of drug-likeness (QED) is 0.633. The molecule has 2 aromatic carbocycles. The molecule has 2 atom stereocenters. The van der Waals surface area contributed by atoms with E-state index in [9.17, 15) is 14.9 Å². The number of hydrogen-bond donors (Lipinski definition) is 0. The topological polar surface area (TPSA) is 72.7 Å². The van der Waals surface area contributed by atoms with Crippen LogP contribution in [0.3, 0.4) is 0 Å². The smallest absolute Gasteiger partial charge is 0.273 e. The Labute approximate surface area is 146 Å². The highest BCUT2D eigenvalue weighted by Crippen LogP contribution is 2.26. The summed E-state index contributed by atoms with van der Waals surface area (Å²) in [6, 6.07) is 16.2. The Kier molecular flexibility index (Phi) is 5.09. The summed E-state index contributed by atoms with van der Waals surface area (Å²) >= 11 is 0. The van der Waals surface area contributed by atoms with Crippen molar-refractivity contribution in [2.75, 3.05) is 13.1 Å². The second-order valence-electron chi connectivity index (χ2n) is 6.21. The Bertz CT molecular complexity index is 763. The summed E-state index contributed by atoms with van der Waals surface area (Å²) in [7, 11) is 0. The van der Waals surface area contributed by atoms with Crippen molar-refractivity contribution in [1.29, 1.82) is 0 Å². The molecule has 0 saturated carbocycles. The lowest BCUT2D eigenvalue weighted by Crippen LogP contribution is -2.46. The van der Waals surface area contributed by atoms with Gasteiger partial charge in [-0.1, -0.05) is 48.5 Å². The van der Waals surface area contributed by atoms with E-state index in [1.54, 1.807) is 23.1 Å². The summed E-state index contributed by atoms with van der Waals surface area (Å²) in [5.41, 5.74) is 1.45. The van der Waals surface area contributed by atoms with Crippen LogP contribution in [-0.2, 0) is 16.0 Å². The maximum Gasteiger partial charge on any atom is 0.273 e. The molecule has 0 N–H and O–H groups in total. The molecule has 25 heavy (non-hydrogen) atoms. The standard InChI is InChI=1S/C19H20N2O4/c1-14-12-20(13-18(25-14)15-7-3-2-4-8-15)19(22)11-16-9-5-6-10-17(16)21(23)24/h2-10,14,18H,11-13H2,1H3. The van der Waals surface area contributed by atoms with E-state index in [-0.39, 0.29) is 30.2 Å². The fourth-order valence-corrected chi connectivity index (χ4v) is 3.12. The van der Waals surface area contributed by atoms with Crippen LogP contribution in [0.4, 0.5) is 5.69 Å². The van der Waals surface area contributed by atoms with Gasteiger partial charge in [0.15, 0.2) is 0 Å². The number of hydrogen-bond acceptors (Lipinski definition) is 4. The second-order valence-corrected chi connectivity index (χ2v) is 6.21. The zero-order chi connectivity index (χ0) is 17.8. The molecule has 1 saturated heterocycles. The van der Waals surface area contributed by atoms with E-state index in [1.165, 1.54) is 6.07 Å². The number of para-hydroxylation sites is 1. The molecule has 0 bridgehead atoms. The Hall–Kier alpha value is -2.73. The average molecular weight is 340 g/mol. The molecular formula is C19H20N2O4. The zero-order valence-electron chi connectivity index (χ0n) is 14.0. The highest BCUT2D eigenvalue weighted by Gasteiger charge is 2.30. The number of ether oxygens (including phenoxy) is 1. The number of nitrogens with zero attached hydrogens (tertiary/aromatic N) is 2. The normalized spacial score (nSPS) is 20.3. The number of carbonyl (C=O) groups excluding carboxylic acids is 1. The highest BCUT2D eigenvalue weighted by molar-refractivity contribution is 5.80. The van der Waals surface area contributed by atoms with Gasteiger partial charge in [0.2, 0.25) is 5.91 Å². The van der Waals surface area contributed by atoms with Gasteiger partial charge >= 0.3 is 0 Å². The predicted octanol–water partition coefficient (Wildman–Crippen LogP) is 3.13. The molecule has 0 spiro atoms. The van der Waals surface area contributed by atoms with Gasteiger partial charge in [-0.05, 0) is 12.5 Å². The number of morpholine rings is 1. The van der Waals surface area contributed by atoms with Gasteiger partial charge in [-0.25, -0.2) is 0 Å². The number of nitro groups is 1. The minimum absolute atomic E-state index is 0.0169. The van der Waals surface area contributed by atoms with Crippen molar-refractivity contribution in [3.05, 3.63) is 75.8 Å². The number of nitro benzene ring substituents is 1. The lowest BCUT2D eigenvalue weighted by molar-refractivity contribution is -0.385. The maximum atomic E-state index is 12.7.